The highest BCUT2D eigenvalue weighted by molar-refractivity contribution is 6.20. The van der Waals surface area contributed by atoms with Crippen molar-refractivity contribution >= 4 is 17.6 Å². The molecule has 2 amide bonds. The summed E-state index contributed by atoms with van der Waals surface area (Å²) in [6.07, 6.45) is 3.02. The molecule has 2 heterocycles. The Morgan fingerprint density at radius 2 is 2.00 bits per heavy atom. The number of carbonyl (C=O) groups excluding carboxylic acids is 3. The van der Waals surface area contributed by atoms with Crippen LogP contribution in [0, 0.1) is 5.92 Å². The molecule has 21 heavy (non-hydrogen) atoms. The Labute approximate surface area is 123 Å². The molecule has 0 saturated carbocycles. The van der Waals surface area contributed by atoms with Gasteiger partial charge in [-0.2, -0.15) is 0 Å². The van der Waals surface area contributed by atoms with Gasteiger partial charge in [0.25, 0.3) is 5.91 Å². The number of nitrogens with two attached hydrogens (primary N) is 2. The van der Waals surface area contributed by atoms with Crippen LogP contribution in [0.2, 0.25) is 0 Å². The predicted octanol–water partition coefficient (Wildman–Crippen LogP) is -0.699. The third-order valence-corrected chi connectivity index (χ3v) is 4.32. The lowest BCUT2D eigenvalue weighted by Gasteiger charge is -2.43. The molecular formula is C14H21N3O4. The molecule has 1 fully saturated rings. The van der Waals surface area contributed by atoms with E-state index in [4.69, 9.17) is 16.2 Å². The second kappa shape index (κ2) is 5.85. The Kier molecular flexibility index (Phi) is 4.32. The summed E-state index contributed by atoms with van der Waals surface area (Å²) < 4.78 is 5.31. The Hall–Kier alpha value is -1.89. The van der Waals surface area contributed by atoms with E-state index < -0.39 is 23.1 Å². The second-order valence-corrected chi connectivity index (χ2v) is 5.85. The SMILES string of the molecule is CC1(C(N)=O)CC(=O)C(C(N)=O)=CN1CC1CCOCC1. The summed E-state index contributed by atoms with van der Waals surface area (Å²) in [5, 5.41) is 0. The van der Waals surface area contributed by atoms with E-state index in [9.17, 15) is 14.4 Å². The molecule has 0 aromatic carbocycles. The number of primary amides is 2. The lowest BCUT2D eigenvalue weighted by Crippen LogP contribution is -2.58. The predicted molar refractivity (Wildman–Crippen MR) is 74.7 cm³/mol. The van der Waals surface area contributed by atoms with Crippen molar-refractivity contribution in [3.8, 4) is 0 Å². The number of Topliss-reactive ketones (excluding diaryl/α,β-unsaturated/α-hetero) is 1. The first kappa shape index (κ1) is 15.5. The van der Waals surface area contributed by atoms with Gasteiger partial charge in [0.2, 0.25) is 5.91 Å². The summed E-state index contributed by atoms with van der Waals surface area (Å²) in [4.78, 5) is 36.8. The molecule has 0 radical (unpaired) electrons. The molecule has 2 rings (SSSR count). The van der Waals surface area contributed by atoms with Crippen molar-refractivity contribution in [3.63, 3.8) is 0 Å². The summed E-state index contributed by atoms with van der Waals surface area (Å²) in [7, 11) is 0. The van der Waals surface area contributed by atoms with Crippen LogP contribution in [0.15, 0.2) is 11.8 Å². The summed E-state index contributed by atoms with van der Waals surface area (Å²) in [6.45, 7) is 3.53. The van der Waals surface area contributed by atoms with Crippen LogP contribution in [0.3, 0.4) is 0 Å². The fourth-order valence-corrected chi connectivity index (χ4v) is 2.77. The average molecular weight is 295 g/mol. The number of ketones is 1. The standard InChI is InChI=1S/C14H21N3O4/c1-14(13(16)20)6-11(18)10(12(15)19)8-17(14)7-9-2-4-21-5-3-9/h8-9H,2-7H2,1H3,(H2,15,19)(H2,16,20). The van der Waals surface area contributed by atoms with Gasteiger partial charge >= 0.3 is 0 Å². The maximum absolute atomic E-state index is 12.0. The van der Waals surface area contributed by atoms with Gasteiger partial charge in [0.05, 0.1) is 5.57 Å². The number of nitrogens with zero attached hydrogens (tertiary/aromatic N) is 1. The van der Waals surface area contributed by atoms with E-state index in [-0.39, 0.29) is 12.0 Å². The number of amides is 2. The van der Waals surface area contributed by atoms with Gasteiger partial charge < -0.3 is 21.1 Å². The maximum atomic E-state index is 12.0. The van der Waals surface area contributed by atoms with Gasteiger partial charge in [-0.3, -0.25) is 14.4 Å². The number of ether oxygens (including phenoxy) is 1. The molecule has 116 valence electrons. The zero-order valence-electron chi connectivity index (χ0n) is 12.1. The third kappa shape index (κ3) is 3.07. The second-order valence-electron chi connectivity index (χ2n) is 5.85. The molecule has 0 aliphatic carbocycles. The Balaban J connectivity index is 2.27. The highest BCUT2D eigenvalue weighted by Crippen LogP contribution is 2.30. The van der Waals surface area contributed by atoms with Crippen molar-refractivity contribution < 1.29 is 19.1 Å². The van der Waals surface area contributed by atoms with E-state index in [0.717, 1.165) is 12.8 Å². The zero-order valence-corrected chi connectivity index (χ0v) is 12.1. The molecule has 7 heteroatoms. The molecule has 1 saturated heterocycles. The number of hydrogen-bond donors (Lipinski definition) is 2. The highest BCUT2D eigenvalue weighted by Gasteiger charge is 2.44. The van der Waals surface area contributed by atoms with E-state index in [1.165, 1.54) is 6.20 Å². The quantitative estimate of drug-likeness (QED) is 0.665. The largest absolute Gasteiger partial charge is 0.381 e. The topological polar surface area (TPSA) is 116 Å². The van der Waals surface area contributed by atoms with E-state index >= 15 is 0 Å². The third-order valence-electron chi connectivity index (χ3n) is 4.32. The minimum absolute atomic E-state index is 0.0687. The Morgan fingerprint density at radius 3 is 2.52 bits per heavy atom. The van der Waals surface area contributed by atoms with Gasteiger partial charge in [0, 0.05) is 32.4 Å². The Morgan fingerprint density at radius 1 is 1.38 bits per heavy atom. The van der Waals surface area contributed by atoms with Gasteiger partial charge in [0.15, 0.2) is 5.78 Å². The number of rotatable bonds is 4. The summed E-state index contributed by atoms with van der Waals surface area (Å²) in [6, 6.07) is 0. The van der Waals surface area contributed by atoms with E-state index in [0.29, 0.717) is 25.7 Å². The van der Waals surface area contributed by atoms with Crippen LogP contribution in [-0.4, -0.2) is 47.8 Å². The van der Waals surface area contributed by atoms with Crippen LogP contribution < -0.4 is 11.5 Å². The number of hydrogen-bond acceptors (Lipinski definition) is 5. The number of carbonyl (C=O) groups is 3. The van der Waals surface area contributed by atoms with Gasteiger partial charge in [-0.05, 0) is 25.7 Å². The first-order valence-electron chi connectivity index (χ1n) is 7.04. The van der Waals surface area contributed by atoms with Crippen molar-refractivity contribution in [3.05, 3.63) is 11.8 Å². The fourth-order valence-electron chi connectivity index (χ4n) is 2.77. The van der Waals surface area contributed by atoms with Crippen LogP contribution in [-0.2, 0) is 19.1 Å². The minimum Gasteiger partial charge on any atom is -0.381 e. The molecule has 1 unspecified atom stereocenters. The molecule has 4 N–H and O–H groups in total. The molecular weight excluding hydrogens is 274 g/mol. The van der Waals surface area contributed by atoms with Crippen LogP contribution in [0.25, 0.3) is 0 Å². The van der Waals surface area contributed by atoms with Crippen molar-refractivity contribution in [2.24, 2.45) is 17.4 Å². The van der Waals surface area contributed by atoms with Gasteiger partial charge in [0.1, 0.15) is 5.54 Å². The van der Waals surface area contributed by atoms with Crippen LogP contribution in [0.5, 0.6) is 0 Å². The van der Waals surface area contributed by atoms with Gasteiger partial charge in [-0.25, -0.2) is 0 Å². The molecule has 2 aliphatic rings. The first-order valence-corrected chi connectivity index (χ1v) is 7.04. The van der Waals surface area contributed by atoms with Crippen LogP contribution in [0.1, 0.15) is 26.2 Å². The average Bonchev–Trinajstić information content (AvgIpc) is 2.42. The smallest absolute Gasteiger partial charge is 0.253 e. The molecule has 7 nitrogen and oxygen atoms in total. The summed E-state index contributed by atoms with van der Waals surface area (Å²) in [5.41, 5.74) is 9.52. The van der Waals surface area contributed by atoms with Crippen molar-refractivity contribution in [2.75, 3.05) is 19.8 Å². The minimum atomic E-state index is -1.12. The van der Waals surface area contributed by atoms with E-state index in [2.05, 4.69) is 0 Å². The van der Waals surface area contributed by atoms with Gasteiger partial charge in [-0.1, -0.05) is 0 Å². The molecule has 0 aromatic heterocycles. The fraction of sp³-hybridized carbons (Fsp3) is 0.643. The van der Waals surface area contributed by atoms with Gasteiger partial charge in [-0.15, -0.1) is 0 Å². The van der Waals surface area contributed by atoms with Crippen LogP contribution >= 0.6 is 0 Å². The highest BCUT2D eigenvalue weighted by atomic mass is 16.5. The molecule has 0 spiro atoms. The summed E-state index contributed by atoms with van der Waals surface area (Å²) in [5.74, 6) is -1.46. The molecule has 0 aromatic rings. The normalized spacial score (nSPS) is 27.4. The lowest BCUT2D eigenvalue weighted by atomic mass is 9.84. The molecule has 0 bridgehead atoms. The monoisotopic (exact) mass is 295 g/mol. The Bertz CT molecular complexity index is 496. The zero-order chi connectivity index (χ0) is 15.6. The van der Waals surface area contributed by atoms with Crippen molar-refractivity contribution in [1.82, 2.24) is 4.90 Å². The first-order chi connectivity index (χ1) is 9.84. The van der Waals surface area contributed by atoms with E-state index in [1.807, 2.05) is 0 Å². The van der Waals surface area contributed by atoms with Crippen LogP contribution in [0.4, 0.5) is 0 Å². The molecule has 2 aliphatic heterocycles. The molecule has 1 atom stereocenters. The maximum Gasteiger partial charge on any atom is 0.253 e. The summed E-state index contributed by atoms with van der Waals surface area (Å²) >= 11 is 0. The van der Waals surface area contributed by atoms with E-state index in [1.54, 1.807) is 11.8 Å². The van der Waals surface area contributed by atoms with Crippen molar-refractivity contribution in [1.29, 1.82) is 0 Å². The lowest BCUT2D eigenvalue weighted by molar-refractivity contribution is -0.135. The van der Waals surface area contributed by atoms with Crippen molar-refractivity contribution in [2.45, 2.75) is 31.7 Å².